The van der Waals surface area contributed by atoms with Gasteiger partial charge in [0.25, 0.3) is 0 Å². The molecule has 0 amide bonds. The first-order valence-corrected chi connectivity index (χ1v) is 6.39. The van der Waals surface area contributed by atoms with Gasteiger partial charge in [0.2, 0.25) is 0 Å². The van der Waals surface area contributed by atoms with E-state index in [4.69, 9.17) is 5.73 Å². The van der Waals surface area contributed by atoms with Gasteiger partial charge >= 0.3 is 0 Å². The summed E-state index contributed by atoms with van der Waals surface area (Å²) < 4.78 is 0. The molecule has 0 spiro atoms. The molecular formula is C14H22N2O. The monoisotopic (exact) mass is 234 g/mol. The van der Waals surface area contributed by atoms with Gasteiger partial charge in [0, 0.05) is 25.7 Å². The van der Waals surface area contributed by atoms with E-state index in [1.807, 2.05) is 0 Å². The molecule has 0 radical (unpaired) electrons. The van der Waals surface area contributed by atoms with Crippen molar-refractivity contribution in [3.8, 4) is 0 Å². The summed E-state index contributed by atoms with van der Waals surface area (Å²) >= 11 is 0. The summed E-state index contributed by atoms with van der Waals surface area (Å²) in [5.41, 5.74) is 8.47. The van der Waals surface area contributed by atoms with Crippen molar-refractivity contribution in [2.24, 2.45) is 5.73 Å². The highest BCUT2D eigenvalue weighted by Gasteiger charge is 2.24. The lowest BCUT2D eigenvalue weighted by molar-refractivity contribution is 0.0622. The van der Waals surface area contributed by atoms with Gasteiger partial charge in [-0.3, -0.25) is 4.90 Å². The Morgan fingerprint density at radius 1 is 1.29 bits per heavy atom. The van der Waals surface area contributed by atoms with Gasteiger partial charge in [0.05, 0.1) is 6.10 Å². The second kappa shape index (κ2) is 5.63. The molecule has 1 heterocycles. The predicted molar refractivity (Wildman–Crippen MR) is 69.8 cm³/mol. The summed E-state index contributed by atoms with van der Waals surface area (Å²) in [6, 6.07) is 8.90. The van der Waals surface area contributed by atoms with Gasteiger partial charge in [-0.05, 0) is 25.3 Å². The van der Waals surface area contributed by atoms with Gasteiger partial charge in [-0.25, -0.2) is 0 Å². The van der Waals surface area contributed by atoms with E-state index in [0.717, 1.165) is 25.9 Å². The summed E-state index contributed by atoms with van der Waals surface area (Å²) in [7, 11) is 0. The minimum atomic E-state index is -0.123. The molecule has 3 N–H and O–H groups in total. The number of benzene rings is 1. The molecule has 1 atom stereocenters. The lowest BCUT2D eigenvalue weighted by atomic mass is 10.00. The van der Waals surface area contributed by atoms with Crippen LogP contribution >= 0.6 is 0 Å². The number of aliphatic hydroxyl groups is 1. The molecule has 0 aromatic heterocycles. The summed E-state index contributed by atoms with van der Waals surface area (Å²) in [4.78, 5) is 2.39. The molecule has 3 nitrogen and oxygen atoms in total. The molecule has 1 saturated heterocycles. The summed E-state index contributed by atoms with van der Waals surface area (Å²) in [5, 5.41) is 9.53. The van der Waals surface area contributed by atoms with Crippen molar-refractivity contribution in [3.63, 3.8) is 0 Å². The van der Waals surface area contributed by atoms with E-state index >= 15 is 0 Å². The van der Waals surface area contributed by atoms with Gasteiger partial charge in [-0.1, -0.05) is 29.8 Å². The minimum absolute atomic E-state index is 0.123. The molecule has 94 valence electrons. The van der Waals surface area contributed by atoms with E-state index < -0.39 is 0 Å². The fourth-order valence-corrected chi connectivity index (χ4v) is 2.48. The number of rotatable bonds is 3. The molecule has 0 saturated carbocycles. The second-order valence-corrected chi connectivity index (χ2v) is 4.93. The lowest BCUT2D eigenvalue weighted by Crippen LogP contribution is -2.41. The number of aliphatic hydroxyl groups excluding tert-OH is 1. The maximum Gasteiger partial charge on any atom is 0.0564 e. The molecule has 1 unspecified atom stereocenters. The molecule has 0 bridgehead atoms. The third-order valence-corrected chi connectivity index (χ3v) is 3.63. The summed E-state index contributed by atoms with van der Waals surface area (Å²) in [6.07, 6.45) is 1.60. The smallest absolute Gasteiger partial charge is 0.0564 e. The van der Waals surface area contributed by atoms with Crippen LogP contribution in [0.4, 0.5) is 0 Å². The Morgan fingerprint density at radius 2 is 1.88 bits per heavy atom. The summed E-state index contributed by atoms with van der Waals surface area (Å²) in [5.74, 6) is 0. The van der Waals surface area contributed by atoms with Crippen molar-refractivity contribution in [2.75, 3.05) is 19.6 Å². The van der Waals surface area contributed by atoms with Gasteiger partial charge in [0.1, 0.15) is 0 Å². The highest BCUT2D eigenvalue weighted by atomic mass is 16.3. The van der Waals surface area contributed by atoms with Gasteiger partial charge < -0.3 is 10.8 Å². The van der Waals surface area contributed by atoms with Crippen molar-refractivity contribution in [1.82, 2.24) is 4.90 Å². The van der Waals surface area contributed by atoms with Crippen LogP contribution in [-0.2, 0) is 0 Å². The Labute approximate surface area is 103 Å². The number of nitrogens with zero attached hydrogens (tertiary/aromatic N) is 1. The molecule has 1 aliphatic rings. The van der Waals surface area contributed by atoms with Crippen molar-refractivity contribution in [3.05, 3.63) is 35.4 Å². The number of nitrogens with two attached hydrogens (primary N) is 1. The zero-order valence-corrected chi connectivity index (χ0v) is 10.5. The average molecular weight is 234 g/mol. The van der Waals surface area contributed by atoms with Crippen LogP contribution in [0.5, 0.6) is 0 Å². The van der Waals surface area contributed by atoms with Gasteiger partial charge in [-0.15, -0.1) is 0 Å². The fraction of sp³-hybridized carbons (Fsp3) is 0.571. The van der Waals surface area contributed by atoms with E-state index in [1.54, 1.807) is 0 Å². The molecule has 1 aliphatic heterocycles. The minimum Gasteiger partial charge on any atom is -0.393 e. The predicted octanol–water partition coefficient (Wildman–Crippen LogP) is 1.45. The number of hydrogen-bond acceptors (Lipinski definition) is 3. The number of likely N-dealkylation sites (tertiary alicyclic amines) is 1. The van der Waals surface area contributed by atoms with E-state index in [2.05, 4.69) is 36.1 Å². The first-order chi connectivity index (χ1) is 8.20. The van der Waals surface area contributed by atoms with Crippen molar-refractivity contribution >= 4 is 0 Å². The fourth-order valence-electron chi connectivity index (χ4n) is 2.48. The Kier molecular flexibility index (Phi) is 4.15. The topological polar surface area (TPSA) is 49.5 Å². The van der Waals surface area contributed by atoms with Crippen LogP contribution in [0.2, 0.25) is 0 Å². The summed E-state index contributed by atoms with van der Waals surface area (Å²) in [6.45, 7) is 4.62. The average Bonchev–Trinajstić information content (AvgIpc) is 2.35. The third-order valence-electron chi connectivity index (χ3n) is 3.63. The molecule has 1 aromatic rings. The van der Waals surface area contributed by atoms with E-state index in [1.165, 1.54) is 11.1 Å². The Bertz CT molecular complexity index is 342. The molecule has 17 heavy (non-hydrogen) atoms. The largest absolute Gasteiger partial charge is 0.393 e. The molecule has 3 heteroatoms. The van der Waals surface area contributed by atoms with Crippen LogP contribution in [0.3, 0.4) is 0 Å². The Hall–Kier alpha value is -0.900. The molecular weight excluding hydrogens is 212 g/mol. The lowest BCUT2D eigenvalue weighted by Gasteiger charge is -2.36. The van der Waals surface area contributed by atoms with Gasteiger partial charge in [0.15, 0.2) is 0 Å². The SMILES string of the molecule is Cc1ccc(C(CN)N2CCC(O)CC2)cc1. The van der Waals surface area contributed by atoms with E-state index in [9.17, 15) is 5.11 Å². The Balaban J connectivity index is 2.08. The first kappa shape index (κ1) is 12.6. The first-order valence-electron chi connectivity index (χ1n) is 6.39. The Morgan fingerprint density at radius 3 is 2.41 bits per heavy atom. The van der Waals surface area contributed by atoms with Crippen LogP contribution in [0.25, 0.3) is 0 Å². The highest BCUT2D eigenvalue weighted by Crippen LogP contribution is 2.24. The zero-order chi connectivity index (χ0) is 12.3. The van der Waals surface area contributed by atoms with E-state index in [-0.39, 0.29) is 6.10 Å². The van der Waals surface area contributed by atoms with Crippen LogP contribution in [0.15, 0.2) is 24.3 Å². The molecule has 1 fully saturated rings. The molecule has 0 aliphatic carbocycles. The number of piperidine rings is 1. The molecule has 1 aromatic carbocycles. The highest BCUT2D eigenvalue weighted by molar-refractivity contribution is 5.24. The number of aryl methyl sites for hydroxylation is 1. The van der Waals surface area contributed by atoms with Crippen LogP contribution in [0, 0.1) is 6.92 Å². The standard InChI is InChI=1S/C14H22N2O/c1-11-2-4-12(5-3-11)14(10-15)16-8-6-13(17)7-9-16/h2-5,13-14,17H,6-10,15H2,1H3. The second-order valence-electron chi connectivity index (χ2n) is 4.93. The van der Waals surface area contributed by atoms with E-state index in [0.29, 0.717) is 12.6 Å². The van der Waals surface area contributed by atoms with Crippen LogP contribution in [0.1, 0.15) is 30.0 Å². The van der Waals surface area contributed by atoms with Crippen molar-refractivity contribution < 1.29 is 5.11 Å². The third kappa shape index (κ3) is 3.06. The maximum absolute atomic E-state index is 9.53. The van der Waals surface area contributed by atoms with Crippen LogP contribution < -0.4 is 5.73 Å². The van der Waals surface area contributed by atoms with Crippen LogP contribution in [-0.4, -0.2) is 35.7 Å². The van der Waals surface area contributed by atoms with Gasteiger partial charge in [-0.2, -0.15) is 0 Å². The molecule has 2 rings (SSSR count). The maximum atomic E-state index is 9.53. The van der Waals surface area contributed by atoms with Crippen molar-refractivity contribution in [1.29, 1.82) is 0 Å². The number of hydrogen-bond donors (Lipinski definition) is 2. The van der Waals surface area contributed by atoms with Crippen molar-refractivity contribution in [2.45, 2.75) is 31.9 Å². The quantitative estimate of drug-likeness (QED) is 0.832. The zero-order valence-electron chi connectivity index (χ0n) is 10.5. The normalized spacial score (nSPS) is 20.4.